The van der Waals surface area contributed by atoms with Gasteiger partial charge in [-0.2, -0.15) is 0 Å². The van der Waals surface area contributed by atoms with Crippen LogP contribution in [-0.2, 0) is 10.2 Å². The number of anilines is 2. The number of hydrogen-bond donors (Lipinski definition) is 1. The predicted octanol–water partition coefficient (Wildman–Crippen LogP) is 2.98. The van der Waals surface area contributed by atoms with E-state index in [2.05, 4.69) is 5.32 Å². The van der Waals surface area contributed by atoms with Crippen LogP contribution >= 0.6 is 0 Å². The molecule has 1 saturated heterocycles. The maximum Gasteiger partial charge on any atom is 0.321 e. The first-order valence-corrected chi connectivity index (χ1v) is 8.21. The first-order chi connectivity index (χ1) is 12.0. The molecule has 25 heavy (non-hydrogen) atoms. The zero-order chi connectivity index (χ0) is 17.6. The lowest BCUT2D eigenvalue weighted by Crippen LogP contribution is -2.43. The van der Waals surface area contributed by atoms with E-state index in [0.717, 1.165) is 11.3 Å². The number of rotatable bonds is 1. The van der Waals surface area contributed by atoms with E-state index in [4.69, 9.17) is 0 Å². The Morgan fingerprint density at radius 2 is 1.88 bits per heavy atom. The lowest BCUT2D eigenvalue weighted by Gasteiger charge is -2.23. The van der Waals surface area contributed by atoms with Gasteiger partial charge in [0.1, 0.15) is 5.82 Å². The van der Waals surface area contributed by atoms with Gasteiger partial charge in [0.25, 0.3) is 0 Å². The second-order valence-electron chi connectivity index (χ2n) is 6.54. The van der Waals surface area contributed by atoms with E-state index in [1.807, 2.05) is 24.3 Å². The fourth-order valence-electron chi connectivity index (χ4n) is 3.85. The molecule has 2 aromatic rings. The second-order valence-corrected chi connectivity index (χ2v) is 6.54. The van der Waals surface area contributed by atoms with Crippen molar-refractivity contribution in [2.75, 3.05) is 30.4 Å². The molecular weight excluding hydrogens is 321 g/mol. The minimum Gasteiger partial charge on any atom is -0.323 e. The van der Waals surface area contributed by atoms with Crippen LogP contribution in [0.25, 0.3) is 0 Å². The maximum absolute atomic E-state index is 13.7. The molecular formula is C19H18FN3O2. The number of benzene rings is 2. The summed E-state index contributed by atoms with van der Waals surface area (Å²) < 4.78 is 13.7. The highest BCUT2D eigenvalue weighted by molar-refractivity contribution is 6.08. The number of urea groups is 1. The number of carbonyl (C=O) groups is 2. The number of fused-ring (bicyclic) bond motifs is 2. The van der Waals surface area contributed by atoms with E-state index in [9.17, 15) is 14.0 Å². The van der Waals surface area contributed by atoms with Crippen molar-refractivity contribution in [3.63, 3.8) is 0 Å². The summed E-state index contributed by atoms with van der Waals surface area (Å²) in [6.45, 7) is 0.752. The largest absolute Gasteiger partial charge is 0.323 e. The van der Waals surface area contributed by atoms with Crippen LogP contribution < -0.4 is 10.2 Å². The van der Waals surface area contributed by atoms with Crippen LogP contribution in [0.3, 0.4) is 0 Å². The van der Waals surface area contributed by atoms with Crippen LogP contribution in [-0.4, -0.2) is 37.0 Å². The van der Waals surface area contributed by atoms with E-state index in [1.165, 1.54) is 12.1 Å². The van der Waals surface area contributed by atoms with Crippen LogP contribution in [0.1, 0.15) is 12.0 Å². The van der Waals surface area contributed by atoms with Crippen molar-refractivity contribution in [1.82, 2.24) is 4.90 Å². The van der Waals surface area contributed by atoms with Gasteiger partial charge in [-0.05, 0) is 30.2 Å². The third kappa shape index (κ3) is 2.28. The number of nitrogens with one attached hydrogen (secondary N) is 1. The smallest absolute Gasteiger partial charge is 0.321 e. The standard InChI is InChI=1S/C19H18FN3O2/c1-22-16-9-5-2-6-13(16)19(17(22)24)10-11-23(12-19)18(25)21-15-8-4-3-7-14(15)20/h2-9H,10-12H2,1H3,(H,21,25)/t19-/m0/s1. The molecule has 5 nitrogen and oxygen atoms in total. The summed E-state index contributed by atoms with van der Waals surface area (Å²) in [7, 11) is 1.76. The highest BCUT2D eigenvalue weighted by Gasteiger charge is 2.54. The van der Waals surface area contributed by atoms with E-state index >= 15 is 0 Å². The number of likely N-dealkylation sites (N-methyl/N-ethyl adjacent to an activating group) is 1. The molecule has 0 unspecified atom stereocenters. The molecule has 1 atom stereocenters. The van der Waals surface area contributed by atoms with E-state index in [-0.39, 0.29) is 17.6 Å². The van der Waals surface area contributed by atoms with Gasteiger partial charge >= 0.3 is 6.03 Å². The van der Waals surface area contributed by atoms with Gasteiger partial charge in [0, 0.05) is 25.8 Å². The first kappa shape index (κ1) is 15.6. The maximum atomic E-state index is 13.7. The van der Waals surface area contributed by atoms with Gasteiger partial charge in [-0.15, -0.1) is 0 Å². The molecule has 0 saturated carbocycles. The molecule has 128 valence electrons. The predicted molar refractivity (Wildman–Crippen MR) is 93.1 cm³/mol. The summed E-state index contributed by atoms with van der Waals surface area (Å²) in [6.07, 6.45) is 0.567. The molecule has 0 aliphatic carbocycles. The molecule has 4 rings (SSSR count). The van der Waals surface area contributed by atoms with Gasteiger partial charge in [-0.1, -0.05) is 30.3 Å². The lowest BCUT2D eigenvalue weighted by molar-refractivity contribution is -0.122. The van der Waals surface area contributed by atoms with Crippen molar-refractivity contribution in [3.05, 3.63) is 59.9 Å². The average Bonchev–Trinajstić information content (AvgIpc) is 3.16. The van der Waals surface area contributed by atoms with Gasteiger partial charge in [0.15, 0.2) is 0 Å². The fourth-order valence-corrected chi connectivity index (χ4v) is 3.85. The molecule has 0 aromatic heterocycles. The second kappa shape index (κ2) is 5.58. The minimum atomic E-state index is -0.697. The number of hydrogen-bond acceptors (Lipinski definition) is 2. The van der Waals surface area contributed by atoms with Crippen molar-refractivity contribution in [3.8, 4) is 0 Å². The van der Waals surface area contributed by atoms with Crippen LogP contribution in [0.4, 0.5) is 20.6 Å². The number of para-hydroxylation sites is 2. The number of nitrogens with zero attached hydrogens (tertiary/aromatic N) is 2. The summed E-state index contributed by atoms with van der Waals surface area (Å²) in [4.78, 5) is 28.6. The van der Waals surface area contributed by atoms with Gasteiger partial charge < -0.3 is 15.1 Å². The Bertz CT molecular complexity index is 869. The topological polar surface area (TPSA) is 52.7 Å². The molecule has 3 amide bonds. The van der Waals surface area contributed by atoms with Gasteiger partial charge in [-0.25, -0.2) is 9.18 Å². The normalized spacial score (nSPS) is 21.8. The zero-order valence-electron chi connectivity index (χ0n) is 13.8. The summed E-state index contributed by atoms with van der Waals surface area (Å²) in [5.41, 5.74) is 1.30. The summed E-state index contributed by atoms with van der Waals surface area (Å²) in [6, 6.07) is 13.3. The Morgan fingerprint density at radius 3 is 2.68 bits per heavy atom. The molecule has 1 fully saturated rings. The van der Waals surface area contributed by atoms with Crippen molar-refractivity contribution in [2.24, 2.45) is 0 Å². The molecule has 1 N–H and O–H groups in total. The zero-order valence-corrected chi connectivity index (χ0v) is 13.8. The third-order valence-corrected chi connectivity index (χ3v) is 5.17. The van der Waals surface area contributed by atoms with Gasteiger partial charge in [0.05, 0.1) is 11.1 Å². The SMILES string of the molecule is CN1C(=O)[C@]2(CCN(C(=O)Nc3ccccc3F)C2)c2ccccc21. The van der Waals surface area contributed by atoms with Crippen molar-refractivity contribution < 1.29 is 14.0 Å². The number of halogens is 1. The van der Waals surface area contributed by atoms with Crippen LogP contribution in [0.2, 0.25) is 0 Å². The average molecular weight is 339 g/mol. The van der Waals surface area contributed by atoms with E-state index in [0.29, 0.717) is 19.5 Å². The molecule has 2 heterocycles. The van der Waals surface area contributed by atoms with E-state index in [1.54, 1.807) is 29.0 Å². The van der Waals surface area contributed by atoms with Crippen LogP contribution in [0, 0.1) is 5.82 Å². The fraction of sp³-hybridized carbons (Fsp3) is 0.263. The minimum absolute atomic E-state index is 0.00916. The monoisotopic (exact) mass is 339 g/mol. The Morgan fingerprint density at radius 1 is 1.16 bits per heavy atom. The van der Waals surface area contributed by atoms with Crippen molar-refractivity contribution in [2.45, 2.75) is 11.8 Å². The molecule has 1 spiro atoms. The molecule has 6 heteroatoms. The Kier molecular flexibility index (Phi) is 3.49. The van der Waals surface area contributed by atoms with Crippen LogP contribution in [0.5, 0.6) is 0 Å². The van der Waals surface area contributed by atoms with Crippen molar-refractivity contribution in [1.29, 1.82) is 0 Å². The molecule has 2 aromatic carbocycles. The quantitative estimate of drug-likeness (QED) is 0.868. The Balaban J connectivity index is 1.58. The van der Waals surface area contributed by atoms with Crippen molar-refractivity contribution >= 4 is 23.3 Å². The third-order valence-electron chi connectivity index (χ3n) is 5.17. The lowest BCUT2D eigenvalue weighted by atomic mass is 9.81. The number of amides is 3. The number of likely N-dealkylation sites (tertiary alicyclic amines) is 1. The Hall–Kier alpha value is -2.89. The molecule has 0 radical (unpaired) electrons. The first-order valence-electron chi connectivity index (χ1n) is 8.21. The van der Waals surface area contributed by atoms with Crippen LogP contribution in [0.15, 0.2) is 48.5 Å². The molecule has 0 bridgehead atoms. The molecule has 2 aliphatic heterocycles. The van der Waals surface area contributed by atoms with Gasteiger partial charge in [-0.3, -0.25) is 4.79 Å². The Labute approximate surface area is 145 Å². The summed E-state index contributed by atoms with van der Waals surface area (Å²) >= 11 is 0. The summed E-state index contributed by atoms with van der Waals surface area (Å²) in [5, 5.41) is 2.60. The van der Waals surface area contributed by atoms with E-state index < -0.39 is 11.2 Å². The highest BCUT2D eigenvalue weighted by atomic mass is 19.1. The number of carbonyl (C=O) groups excluding carboxylic acids is 2. The molecule has 2 aliphatic rings. The van der Waals surface area contributed by atoms with Gasteiger partial charge in [0.2, 0.25) is 5.91 Å². The summed E-state index contributed by atoms with van der Waals surface area (Å²) in [5.74, 6) is -0.471. The highest BCUT2D eigenvalue weighted by Crippen LogP contribution is 2.46.